The Kier molecular flexibility index (Phi) is 5.88. The molecule has 3 nitrogen and oxygen atoms in total. The second-order valence-electron chi connectivity index (χ2n) is 5.32. The van der Waals surface area contributed by atoms with Crippen LogP contribution in [0.15, 0.2) is 42.5 Å². The Morgan fingerprint density at radius 1 is 1.21 bits per heavy atom. The summed E-state index contributed by atoms with van der Waals surface area (Å²) in [6.07, 6.45) is 2.27. The zero-order valence-electron chi connectivity index (χ0n) is 13.3. The van der Waals surface area contributed by atoms with Crippen molar-refractivity contribution >= 4 is 29.4 Å². The molecule has 0 fully saturated rings. The van der Waals surface area contributed by atoms with Crippen LogP contribution in [0.25, 0.3) is 6.08 Å². The van der Waals surface area contributed by atoms with Gasteiger partial charge in [0.1, 0.15) is 5.82 Å². The lowest BCUT2D eigenvalue weighted by molar-refractivity contribution is -0.136. The van der Waals surface area contributed by atoms with Gasteiger partial charge in [-0.25, -0.2) is 9.18 Å². The van der Waals surface area contributed by atoms with E-state index in [-0.39, 0.29) is 23.0 Å². The Morgan fingerprint density at radius 2 is 1.96 bits per heavy atom. The molecule has 2 aromatic carbocycles. The molecule has 0 spiro atoms. The minimum absolute atomic E-state index is 0.0943. The molecule has 0 aliphatic heterocycles. The van der Waals surface area contributed by atoms with E-state index in [0.29, 0.717) is 5.56 Å². The third-order valence-electron chi connectivity index (χ3n) is 3.41. The van der Waals surface area contributed by atoms with Crippen molar-refractivity contribution in [2.75, 3.05) is 6.61 Å². The molecular formula is C19H16ClFO3. The lowest BCUT2D eigenvalue weighted by Gasteiger charge is -2.06. The standard InChI is InChI=1S/C19H16ClFO3/c1-12-6-7-14(13(2)10-12)18(22)11-24-19(23)9-8-15-16(20)4-3-5-17(15)21/h3-10H,11H2,1-2H3/b9-8+. The molecule has 0 saturated heterocycles. The van der Waals surface area contributed by atoms with E-state index in [0.717, 1.165) is 17.2 Å². The number of aryl methyl sites for hydroxylation is 2. The van der Waals surface area contributed by atoms with Crippen molar-refractivity contribution in [3.63, 3.8) is 0 Å². The number of ether oxygens (including phenoxy) is 1. The van der Waals surface area contributed by atoms with Crippen LogP contribution in [0.4, 0.5) is 4.39 Å². The summed E-state index contributed by atoms with van der Waals surface area (Å²) < 4.78 is 18.5. The number of ketones is 1. The maximum Gasteiger partial charge on any atom is 0.331 e. The molecule has 0 bridgehead atoms. The van der Waals surface area contributed by atoms with Crippen LogP contribution >= 0.6 is 11.6 Å². The zero-order chi connectivity index (χ0) is 17.7. The number of carbonyl (C=O) groups excluding carboxylic acids is 2. The molecule has 0 unspecified atom stereocenters. The number of hydrogen-bond acceptors (Lipinski definition) is 3. The Bertz CT molecular complexity index is 792. The fourth-order valence-electron chi connectivity index (χ4n) is 2.21. The van der Waals surface area contributed by atoms with Crippen molar-refractivity contribution in [2.24, 2.45) is 0 Å². The van der Waals surface area contributed by atoms with Crippen LogP contribution in [0.3, 0.4) is 0 Å². The molecule has 0 radical (unpaired) electrons. The highest BCUT2D eigenvalue weighted by atomic mass is 35.5. The Balaban J connectivity index is 1.98. The van der Waals surface area contributed by atoms with Gasteiger partial charge in [-0.05, 0) is 37.6 Å². The summed E-state index contributed by atoms with van der Waals surface area (Å²) in [5, 5.41) is 0.186. The highest BCUT2D eigenvalue weighted by Crippen LogP contribution is 2.20. The summed E-state index contributed by atoms with van der Waals surface area (Å²) in [6.45, 7) is 3.38. The van der Waals surface area contributed by atoms with E-state index in [1.165, 1.54) is 24.3 Å². The minimum Gasteiger partial charge on any atom is -0.454 e. The maximum absolute atomic E-state index is 13.6. The highest BCUT2D eigenvalue weighted by Gasteiger charge is 2.11. The topological polar surface area (TPSA) is 43.4 Å². The van der Waals surface area contributed by atoms with Gasteiger partial charge in [0.05, 0.1) is 5.02 Å². The first kappa shape index (κ1) is 17.9. The van der Waals surface area contributed by atoms with Crippen LogP contribution in [0.5, 0.6) is 0 Å². The maximum atomic E-state index is 13.6. The zero-order valence-corrected chi connectivity index (χ0v) is 14.1. The average molecular weight is 347 g/mol. The number of halogens is 2. The number of carbonyl (C=O) groups is 2. The van der Waals surface area contributed by atoms with Gasteiger partial charge in [-0.1, -0.05) is 41.4 Å². The molecule has 24 heavy (non-hydrogen) atoms. The molecule has 0 N–H and O–H groups in total. The monoisotopic (exact) mass is 346 g/mol. The summed E-state index contributed by atoms with van der Waals surface area (Å²) in [6, 6.07) is 9.63. The predicted octanol–water partition coefficient (Wildman–Crippen LogP) is 4.54. The van der Waals surface area contributed by atoms with E-state index in [4.69, 9.17) is 16.3 Å². The quantitative estimate of drug-likeness (QED) is 0.453. The van der Waals surface area contributed by atoms with Crippen LogP contribution in [-0.4, -0.2) is 18.4 Å². The van der Waals surface area contributed by atoms with Crippen LogP contribution < -0.4 is 0 Å². The van der Waals surface area contributed by atoms with Gasteiger partial charge in [-0.15, -0.1) is 0 Å². The largest absolute Gasteiger partial charge is 0.454 e. The van der Waals surface area contributed by atoms with Crippen molar-refractivity contribution < 1.29 is 18.7 Å². The number of Topliss-reactive ketones (excluding diaryl/α,β-unsaturated/α-hetero) is 1. The Labute approximate surface area is 144 Å². The normalized spacial score (nSPS) is 10.8. The van der Waals surface area contributed by atoms with Gasteiger partial charge in [0.2, 0.25) is 5.78 Å². The molecule has 0 aliphatic rings. The van der Waals surface area contributed by atoms with Crippen LogP contribution in [0, 0.1) is 19.7 Å². The molecule has 0 aromatic heterocycles. The Morgan fingerprint density at radius 3 is 2.62 bits per heavy atom. The molecule has 124 valence electrons. The van der Waals surface area contributed by atoms with Crippen LogP contribution in [-0.2, 0) is 9.53 Å². The molecule has 5 heteroatoms. The predicted molar refractivity (Wildman–Crippen MR) is 91.6 cm³/mol. The molecule has 2 aromatic rings. The lowest BCUT2D eigenvalue weighted by atomic mass is 10.0. The molecule has 0 amide bonds. The highest BCUT2D eigenvalue weighted by molar-refractivity contribution is 6.32. The van der Waals surface area contributed by atoms with Crippen LogP contribution in [0.2, 0.25) is 5.02 Å². The second kappa shape index (κ2) is 7.88. The summed E-state index contributed by atoms with van der Waals surface area (Å²) in [7, 11) is 0. The summed E-state index contributed by atoms with van der Waals surface area (Å²) in [5.41, 5.74) is 2.47. The SMILES string of the molecule is Cc1ccc(C(=O)COC(=O)/C=C/c2c(F)cccc2Cl)c(C)c1. The van der Waals surface area contributed by atoms with Crippen molar-refractivity contribution in [1.82, 2.24) is 0 Å². The summed E-state index contributed by atoms with van der Waals surface area (Å²) in [5.74, 6) is -1.58. The number of hydrogen-bond donors (Lipinski definition) is 0. The van der Waals surface area contributed by atoms with Gasteiger partial charge in [0.15, 0.2) is 6.61 Å². The number of rotatable bonds is 5. The number of benzene rings is 2. The first-order valence-corrected chi connectivity index (χ1v) is 7.65. The molecule has 0 aliphatic carbocycles. The van der Waals surface area contributed by atoms with Gasteiger partial charge in [0.25, 0.3) is 0 Å². The van der Waals surface area contributed by atoms with Gasteiger partial charge in [0, 0.05) is 17.2 Å². The minimum atomic E-state index is -0.743. The van der Waals surface area contributed by atoms with Crippen molar-refractivity contribution in [3.05, 3.63) is 75.6 Å². The van der Waals surface area contributed by atoms with Crippen molar-refractivity contribution in [2.45, 2.75) is 13.8 Å². The molecule has 0 saturated carbocycles. The molecule has 0 atom stereocenters. The second-order valence-corrected chi connectivity index (χ2v) is 5.73. The molecule has 2 rings (SSSR count). The fourth-order valence-corrected chi connectivity index (χ4v) is 2.44. The van der Waals surface area contributed by atoms with Gasteiger partial charge in [-0.2, -0.15) is 0 Å². The average Bonchev–Trinajstić information content (AvgIpc) is 2.52. The first-order chi connectivity index (χ1) is 11.4. The van der Waals surface area contributed by atoms with Gasteiger partial charge >= 0.3 is 5.97 Å². The van der Waals surface area contributed by atoms with E-state index in [2.05, 4.69) is 0 Å². The van der Waals surface area contributed by atoms with E-state index in [1.807, 2.05) is 26.0 Å². The fraction of sp³-hybridized carbons (Fsp3) is 0.158. The summed E-state index contributed by atoms with van der Waals surface area (Å²) >= 11 is 5.85. The smallest absolute Gasteiger partial charge is 0.331 e. The molecule has 0 heterocycles. The number of esters is 1. The van der Waals surface area contributed by atoms with E-state index in [9.17, 15) is 14.0 Å². The van der Waals surface area contributed by atoms with Crippen molar-refractivity contribution in [1.29, 1.82) is 0 Å². The van der Waals surface area contributed by atoms with E-state index < -0.39 is 11.8 Å². The van der Waals surface area contributed by atoms with Crippen LogP contribution in [0.1, 0.15) is 27.0 Å². The van der Waals surface area contributed by atoms with E-state index >= 15 is 0 Å². The molecular weight excluding hydrogens is 331 g/mol. The van der Waals surface area contributed by atoms with Crippen molar-refractivity contribution in [3.8, 4) is 0 Å². The first-order valence-electron chi connectivity index (χ1n) is 7.28. The van der Waals surface area contributed by atoms with Gasteiger partial charge < -0.3 is 4.74 Å². The third kappa shape index (κ3) is 4.52. The van der Waals surface area contributed by atoms with E-state index in [1.54, 1.807) is 6.07 Å². The lowest BCUT2D eigenvalue weighted by Crippen LogP contribution is -2.13. The summed E-state index contributed by atoms with van der Waals surface area (Å²) in [4.78, 5) is 23.8. The third-order valence-corrected chi connectivity index (χ3v) is 3.74. The van der Waals surface area contributed by atoms with Gasteiger partial charge in [-0.3, -0.25) is 4.79 Å². The Hall–Kier alpha value is -2.46.